The molecular weight excluding hydrogens is 349 g/mol. The van der Waals surface area contributed by atoms with Gasteiger partial charge in [0.1, 0.15) is 5.82 Å². The number of carbonyl (C=O) groups is 1. The Morgan fingerprint density at radius 1 is 0.964 bits per heavy atom. The summed E-state index contributed by atoms with van der Waals surface area (Å²) >= 11 is 0. The molecule has 28 heavy (non-hydrogen) atoms. The minimum atomic E-state index is -0.250. The number of hydrogen-bond donors (Lipinski definition) is 1. The number of hydrogen-bond acceptors (Lipinski definition) is 2. The minimum absolute atomic E-state index is 0.0854. The molecule has 1 atom stereocenters. The number of benzene rings is 3. The Morgan fingerprint density at radius 3 is 2.50 bits per heavy atom. The molecule has 2 nitrogen and oxygen atoms in total. The van der Waals surface area contributed by atoms with Gasteiger partial charge in [0.05, 0.1) is 6.04 Å². The van der Waals surface area contributed by atoms with Crippen molar-refractivity contribution in [1.82, 2.24) is 0 Å². The quantitative estimate of drug-likeness (QED) is 0.545. The second-order valence-electron chi connectivity index (χ2n) is 8.68. The molecule has 1 aliphatic heterocycles. The summed E-state index contributed by atoms with van der Waals surface area (Å²) < 4.78 is 13.5. The van der Waals surface area contributed by atoms with E-state index in [-0.39, 0.29) is 23.1 Å². The molecule has 2 aliphatic rings. The maximum atomic E-state index is 13.5. The fourth-order valence-electron chi connectivity index (χ4n) is 4.76. The summed E-state index contributed by atoms with van der Waals surface area (Å²) in [5.41, 5.74) is 4.87. The third kappa shape index (κ3) is 2.65. The molecule has 0 saturated carbocycles. The molecule has 1 aliphatic carbocycles. The smallest absolute Gasteiger partial charge is 0.164 e. The maximum absolute atomic E-state index is 13.5. The van der Waals surface area contributed by atoms with Crippen LogP contribution in [0.5, 0.6) is 0 Å². The zero-order valence-electron chi connectivity index (χ0n) is 16.1. The lowest BCUT2D eigenvalue weighted by Crippen LogP contribution is -2.32. The van der Waals surface area contributed by atoms with Crippen LogP contribution < -0.4 is 5.32 Å². The Morgan fingerprint density at radius 2 is 1.71 bits per heavy atom. The summed E-state index contributed by atoms with van der Waals surface area (Å²) in [5, 5.41) is 5.88. The van der Waals surface area contributed by atoms with Crippen molar-refractivity contribution >= 4 is 27.8 Å². The Hall–Kier alpha value is -2.94. The zero-order chi connectivity index (χ0) is 19.5. The van der Waals surface area contributed by atoms with Crippen molar-refractivity contribution < 1.29 is 9.18 Å². The second-order valence-corrected chi connectivity index (χ2v) is 8.68. The van der Waals surface area contributed by atoms with Crippen molar-refractivity contribution in [1.29, 1.82) is 0 Å². The van der Waals surface area contributed by atoms with Crippen LogP contribution >= 0.6 is 0 Å². The average Bonchev–Trinajstić information content (AvgIpc) is 2.66. The Balaban J connectivity index is 1.79. The lowest BCUT2D eigenvalue weighted by Gasteiger charge is -2.40. The molecule has 5 rings (SSSR count). The van der Waals surface area contributed by atoms with Crippen LogP contribution in [0.2, 0.25) is 0 Å². The van der Waals surface area contributed by atoms with Crippen LogP contribution in [0.3, 0.4) is 0 Å². The number of rotatable bonds is 1. The molecule has 0 amide bonds. The van der Waals surface area contributed by atoms with E-state index in [1.807, 2.05) is 24.3 Å². The average molecular weight is 371 g/mol. The first-order valence-electron chi connectivity index (χ1n) is 9.73. The molecule has 0 spiro atoms. The van der Waals surface area contributed by atoms with Crippen molar-refractivity contribution in [2.75, 3.05) is 5.32 Å². The summed E-state index contributed by atoms with van der Waals surface area (Å²) in [6.07, 6.45) is 1.39. The van der Waals surface area contributed by atoms with Crippen molar-refractivity contribution in [3.63, 3.8) is 0 Å². The second kappa shape index (κ2) is 6.03. The number of nitrogens with one attached hydrogen (secondary N) is 1. The van der Waals surface area contributed by atoms with Crippen LogP contribution in [-0.4, -0.2) is 5.78 Å². The van der Waals surface area contributed by atoms with Gasteiger partial charge in [-0.25, -0.2) is 4.39 Å². The van der Waals surface area contributed by atoms with Crippen LogP contribution in [0.25, 0.3) is 16.3 Å². The highest BCUT2D eigenvalue weighted by molar-refractivity contribution is 6.28. The van der Waals surface area contributed by atoms with Gasteiger partial charge in [0.15, 0.2) is 5.78 Å². The van der Waals surface area contributed by atoms with E-state index in [9.17, 15) is 9.18 Å². The van der Waals surface area contributed by atoms with Crippen LogP contribution in [0.15, 0.2) is 66.2 Å². The van der Waals surface area contributed by atoms with Gasteiger partial charge in [0, 0.05) is 23.2 Å². The van der Waals surface area contributed by atoms with E-state index in [1.54, 1.807) is 0 Å². The third-order valence-electron chi connectivity index (χ3n) is 5.94. The molecule has 0 fully saturated rings. The van der Waals surface area contributed by atoms with Gasteiger partial charge in [-0.2, -0.15) is 0 Å². The van der Waals surface area contributed by atoms with E-state index in [2.05, 4.69) is 43.4 Å². The van der Waals surface area contributed by atoms with Gasteiger partial charge < -0.3 is 5.32 Å². The normalized spacial score (nSPS) is 20.5. The predicted octanol–water partition coefficient (Wildman–Crippen LogP) is 6.29. The molecule has 3 aromatic rings. The van der Waals surface area contributed by atoms with Crippen molar-refractivity contribution in [3.8, 4) is 0 Å². The number of fused-ring (bicyclic) bond motifs is 4. The van der Waals surface area contributed by atoms with Crippen LogP contribution in [0.1, 0.15) is 43.9 Å². The molecule has 0 saturated heterocycles. The minimum Gasteiger partial charge on any atom is -0.374 e. The molecule has 140 valence electrons. The molecule has 3 heteroatoms. The van der Waals surface area contributed by atoms with Gasteiger partial charge in [-0.15, -0.1) is 0 Å². The number of carbonyl (C=O) groups excluding carboxylic acids is 1. The fourth-order valence-corrected chi connectivity index (χ4v) is 4.76. The van der Waals surface area contributed by atoms with E-state index in [0.29, 0.717) is 6.42 Å². The van der Waals surface area contributed by atoms with Gasteiger partial charge in [0.2, 0.25) is 0 Å². The molecule has 0 aromatic heterocycles. The van der Waals surface area contributed by atoms with Gasteiger partial charge in [-0.05, 0) is 51.9 Å². The summed E-state index contributed by atoms with van der Waals surface area (Å²) in [5.74, 6) is -0.0438. The predicted molar refractivity (Wildman–Crippen MR) is 112 cm³/mol. The number of ketones is 1. The molecular formula is C25H22FNO. The summed E-state index contributed by atoms with van der Waals surface area (Å²) in [6.45, 7) is 4.30. The van der Waals surface area contributed by atoms with E-state index in [0.717, 1.165) is 45.2 Å². The zero-order valence-corrected chi connectivity index (χ0v) is 16.1. The topological polar surface area (TPSA) is 29.1 Å². The largest absolute Gasteiger partial charge is 0.374 e. The fraction of sp³-hybridized carbons (Fsp3) is 0.240. The highest BCUT2D eigenvalue weighted by atomic mass is 19.1. The van der Waals surface area contributed by atoms with E-state index < -0.39 is 0 Å². The monoisotopic (exact) mass is 371 g/mol. The maximum Gasteiger partial charge on any atom is 0.164 e. The SMILES string of the molecule is CC1(C)CC(=O)C2=C(C1)[C@@H](c1ccc(F)cc1)Nc1ccc3ccccc3c12. The van der Waals surface area contributed by atoms with Gasteiger partial charge in [0.25, 0.3) is 0 Å². The Kier molecular flexibility index (Phi) is 3.70. The van der Waals surface area contributed by atoms with Crippen LogP contribution in [-0.2, 0) is 4.79 Å². The van der Waals surface area contributed by atoms with Crippen molar-refractivity contribution in [2.24, 2.45) is 5.41 Å². The van der Waals surface area contributed by atoms with E-state index in [4.69, 9.17) is 0 Å². The summed E-state index contributed by atoms with van der Waals surface area (Å²) in [6, 6.07) is 18.9. The number of Topliss-reactive ketones (excluding diaryl/α,β-unsaturated/α-hetero) is 1. The van der Waals surface area contributed by atoms with E-state index in [1.165, 1.54) is 12.1 Å². The standard InChI is InChI=1S/C25H22FNO/c1-25(2)13-19-23(21(28)14-25)22-18-6-4-3-5-15(18)9-12-20(22)27-24(19)16-7-10-17(26)11-8-16/h3-12,24,27H,13-14H2,1-2H3/t24-/m1/s1. The lowest BCUT2D eigenvalue weighted by atomic mass is 9.68. The first-order chi connectivity index (χ1) is 13.4. The first kappa shape index (κ1) is 17.2. The highest BCUT2D eigenvalue weighted by Gasteiger charge is 2.40. The van der Waals surface area contributed by atoms with Crippen LogP contribution in [0, 0.1) is 11.2 Å². The molecule has 1 heterocycles. The Labute approximate surface area is 164 Å². The highest BCUT2D eigenvalue weighted by Crippen LogP contribution is 2.51. The summed E-state index contributed by atoms with van der Waals surface area (Å²) in [7, 11) is 0. The van der Waals surface area contributed by atoms with E-state index >= 15 is 0 Å². The number of allylic oxidation sites excluding steroid dienone is 1. The van der Waals surface area contributed by atoms with Crippen LogP contribution in [0.4, 0.5) is 10.1 Å². The van der Waals surface area contributed by atoms with Gasteiger partial charge in [-0.1, -0.05) is 56.3 Å². The van der Waals surface area contributed by atoms with Crippen molar-refractivity contribution in [2.45, 2.75) is 32.7 Å². The van der Waals surface area contributed by atoms with Gasteiger partial charge >= 0.3 is 0 Å². The number of halogens is 1. The number of anilines is 1. The molecule has 0 bridgehead atoms. The summed E-state index contributed by atoms with van der Waals surface area (Å²) in [4.78, 5) is 13.3. The molecule has 1 N–H and O–H groups in total. The lowest BCUT2D eigenvalue weighted by molar-refractivity contribution is -0.116. The molecule has 3 aromatic carbocycles. The molecule has 0 unspecified atom stereocenters. The molecule has 0 radical (unpaired) electrons. The van der Waals surface area contributed by atoms with Gasteiger partial charge in [-0.3, -0.25) is 4.79 Å². The Bertz CT molecular complexity index is 1140. The third-order valence-corrected chi connectivity index (χ3v) is 5.94. The first-order valence-corrected chi connectivity index (χ1v) is 9.73. The van der Waals surface area contributed by atoms with Crippen molar-refractivity contribution in [3.05, 3.63) is 83.2 Å².